The van der Waals surface area contributed by atoms with Crippen molar-refractivity contribution in [2.24, 2.45) is 0 Å². The standard InChI is InChI=1S/C46H86NO8P/c1-6-8-10-12-14-16-18-20-22-23-25-26-28-30-32-34-36-38-45(48)52-42-44(43-54-56(50,51)53-41-40-47(3,4)5)55-46(49)39-37-35-33-31-29-27-24-21-19-17-15-13-11-9-7-2/h13,15,25-26,30,32,44H,6-12,14,16-24,27-29,31,33-43H2,1-5H3/p+1/b15-13+,26-25+,32-30+/t44-/m1/s1. The van der Waals surface area contributed by atoms with Crippen molar-refractivity contribution in [3.63, 3.8) is 0 Å². The summed E-state index contributed by atoms with van der Waals surface area (Å²) in [5.74, 6) is -0.851. The molecular formula is C46H87NO8P+. The van der Waals surface area contributed by atoms with Gasteiger partial charge in [-0.2, -0.15) is 0 Å². The zero-order valence-electron chi connectivity index (χ0n) is 36.9. The molecular weight excluding hydrogens is 725 g/mol. The van der Waals surface area contributed by atoms with Gasteiger partial charge in [0.05, 0.1) is 27.7 Å². The average Bonchev–Trinajstić information content (AvgIpc) is 3.15. The number of ether oxygens (including phenoxy) is 2. The summed E-state index contributed by atoms with van der Waals surface area (Å²) in [6, 6.07) is 0. The number of quaternary nitrogens is 1. The number of rotatable bonds is 41. The molecule has 0 aromatic heterocycles. The lowest BCUT2D eigenvalue weighted by atomic mass is 10.1. The summed E-state index contributed by atoms with van der Waals surface area (Å²) in [6.07, 6.45) is 43.4. The number of hydrogen-bond acceptors (Lipinski definition) is 7. The fourth-order valence-electron chi connectivity index (χ4n) is 6.03. The van der Waals surface area contributed by atoms with Gasteiger partial charge in [-0.25, -0.2) is 4.57 Å². The molecule has 1 unspecified atom stereocenters. The molecule has 0 aliphatic carbocycles. The minimum atomic E-state index is -4.38. The topological polar surface area (TPSA) is 108 Å². The molecule has 0 aromatic carbocycles. The number of nitrogens with zero attached hydrogens (tertiary/aromatic N) is 1. The number of phosphoric ester groups is 1. The van der Waals surface area contributed by atoms with Gasteiger partial charge in [-0.15, -0.1) is 0 Å². The summed E-state index contributed by atoms with van der Waals surface area (Å²) in [6.45, 7) is 4.35. The first-order valence-corrected chi connectivity index (χ1v) is 24.2. The van der Waals surface area contributed by atoms with E-state index in [4.69, 9.17) is 18.5 Å². The van der Waals surface area contributed by atoms with Crippen LogP contribution >= 0.6 is 7.82 Å². The molecule has 0 aliphatic rings. The second kappa shape index (κ2) is 38.7. The summed E-state index contributed by atoms with van der Waals surface area (Å²) >= 11 is 0. The van der Waals surface area contributed by atoms with Gasteiger partial charge in [0.2, 0.25) is 0 Å². The van der Waals surface area contributed by atoms with Gasteiger partial charge in [0.25, 0.3) is 0 Å². The van der Waals surface area contributed by atoms with Crippen LogP contribution in [0, 0.1) is 0 Å². The average molecular weight is 813 g/mol. The fraction of sp³-hybridized carbons (Fsp3) is 0.826. The van der Waals surface area contributed by atoms with Gasteiger partial charge in [0, 0.05) is 12.8 Å². The molecule has 0 aromatic rings. The van der Waals surface area contributed by atoms with E-state index < -0.39 is 32.5 Å². The number of unbranched alkanes of at least 4 members (excludes halogenated alkanes) is 21. The molecule has 0 heterocycles. The Labute approximate surface area is 344 Å². The number of carbonyl (C=O) groups is 2. The molecule has 56 heavy (non-hydrogen) atoms. The maximum atomic E-state index is 12.7. The lowest BCUT2D eigenvalue weighted by Crippen LogP contribution is -2.37. The molecule has 0 rings (SSSR count). The molecule has 0 aliphatic heterocycles. The Bertz CT molecular complexity index is 1050. The van der Waals surface area contributed by atoms with Crippen LogP contribution < -0.4 is 0 Å². The first-order valence-electron chi connectivity index (χ1n) is 22.7. The normalized spacial score (nSPS) is 13.9. The van der Waals surface area contributed by atoms with Gasteiger partial charge >= 0.3 is 19.8 Å². The van der Waals surface area contributed by atoms with Crippen molar-refractivity contribution in [1.29, 1.82) is 0 Å². The van der Waals surface area contributed by atoms with E-state index in [1.165, 1.54) is 116 Å². The highest BCUT2D eigenvalue weighted by Gasteiger charge is 2.27. The van der Waals surface area contributed by atoms with E-state index in [0.717, 1.165) is 38.5 Å². The number of likely N-dealkylation sites (N-methyl/N-ethyl adjacent to an activating group) is 1. The monoisotopic (exact) mass is 813 g/mol. The van der Waals surface area contributed by atoms with Crippen molar-refractivity contribution in [3.8, 4) is 0 Å². The minimum absolute atomic E-state index is 0.0254. The summed E-state index contributed by atoms with van der Waals surface area (Å²) in [7, 11) is 1.46. The van der Waals surface area contributed by atoms with Crippen LogP contribution in [0.25, 0.3) is 0 Å². The molecule has 0 radical (unpaired) electrons. The highest BCUT2D eigenvalue weighted by atomic mass is 31.2. The van der Waals surface area contributed by atoms with Crippen LogP contribution in [0.3, 0.4) is 0 Å². The van der Waals surface area contributed by atoms with Crippen molar-refractivity contribution in [3.05, 3.63) is 36.5 Å². The summed E-state index contributed by atoms with van der Waals surface area (Å²) < 4.78 is 34.3. The van der Waals surface area contributed by atoms with E-state index >= 15 is 0 Å². The van der Waals surface area contributed by atoms with Crippen molar-refractivity contribution in [2.45, 2.75) is 200 Å². The third-order valence-corrected chi connectivity index (χ3v) is 10.6. The Morgan fingerprint density at radius 3 is 1.54 bits per heavy atom. The zero-order valence-corrected chi connectivity index (χ0v) is 37.8. The molecule has 0 spiro atoms. The number of hydrogen-bond donors (Lipinski definition) is 1. The zero-order chi connectivity index (χ0) is 41.4. The Morgan fingerprint density at radius 2 is 1.00 bits per heavy atom. The summed E-state index contributed by atoms with van der Waals surface area (Å²) in [5.41, 5.74) is 0. The van der Waals surface area contributed by atoms with E-state index in [-0.39, 0.29) is 26.1 Å². The van der Waals surface area contributed by atoms with Gasteiger partial charge < -0.3 is 18.9 Å². The highest BCUT2D eigenvalue weighted by molar-refractivity contribution is 7.47. The number of esters is 2. The van der Waals surface area contributed by atoms with Crippen molar-refractivity contribution in [1.82, 2.24) is 0 Å². The van der Waals surface area contributed by atoms with Gasteiger partial charge in [0.15, 0.2) is 6.10 Å². The molecule has 0 bridgehead atoms. The lowest BCUT2D eigenvalue weighted by molar-refractivity contribution is -0.870. The Hall–Kier alpha value is -1.77. The second-order valence-electron chi connectivity index (χ2n) is 16.4. The smallest absolute Gasteiger partial charge is 0.462 e. The lowest BCUT2D eigenvalue weighted by Gasteiger charge is -2.24. The molecule has 1 N–H and O–H groups in total. The molecule has 9 nitrogen and oxygen atoms in total. The van der Waals surface area contributed by atoms with E-state index in [1.807, 2.05) is 21.1 Å². The van der Waals surface area contributed by atoms with Crippen LogP contribution in [0.4, 0.5) is 0 Å². The van der Waals surface area contributed by atoms with E-state index in [2.05, 4.69) is 50.3 Å². The van der Waals surface area contributed by atoms with E-state index in [0.29, 0.717) is 23.9 Å². The van der Waals surface area contributed by atoms with Crippen molar-refractivity contribution >= 4 is 19.8 Å². The predicted molar refractivity (Wildman–Crippen MR) is 234 cm³/mol. The first-order chi connectivity index (χ1) is 27.0. The summed E-state index contributed by atoms with van der Waals surface area (Å²) in [4.78, 5) is 35.4. The number of allylic oxidation sites excluding steroid dienone is 6. The Kier molecular flexibility index (Phi) is 37.5. The predicted octanol–water partition coefficient (Wildman–Crippen LogP) is 12.9. The molecule has 0 saturated heterocycles. The maximum absolute atomic E-state index is 12.7. The quantitative estimate of drug-likeness (QED) is 0.0214. The van der Waals surface area contributed by atoms with E-state index in [1.54, 1.807) is 0 Å². The molecule has 10 heteroatoms. The molecule has 328 valence electrons. The highest BCUT2D eigenvalue weighted by Crippen LogP contribution is 2.43. The van der Waals surface area contributed by atoms with Gasteiger partial charge in [0.1, 0.15) is 19.8 Å². The first kappa shape index (κ1) is 54.2. The van der Waals surface area contributed by atoms with Crippen LogP contribution in [0.15, 0.2) is 36.5 Å². The van der Waals surface area contributed by atoms with Gasteiger partial charge in [-0.05, 0) is 57.8 Å². The third kappa shape index (κ3) is 41.9. The van der Waals surface area contributed by atoms with Crippen molar-refractivity contribution in [2.75, 3.05) is 47.5 Å². The van der Waals surface area contributed by atoms with Crippen LogP contribution in [0.1, 0.15) is 194 Å². The maximum Gasteiger partial charge on any atom is 0.472 e. The minimum Gasteiger partial charge on any atom is -0.462 e. The van der Waals surface area contributed by atoms with Crippen LogP contribution in [-0.4, -0.2) is 74.9 Å². The molecule has 0 amide bonds. The van der Waals surface area contributed by atoms with Crippen molar-refractivity contribution < 1.29 is 42.1 Å². The Morgan fingerprint density at radius 1 is 0.554 bits per heavy atom. The van der Waals surface area contributed by atoms with Crippen LogP contribution in [0.5, 0.6) is 0 Å². The fourth-order valence-corrected chi connectivity index (χ4v) is 6.78. The third-order valence-electron chi connectivity index (χ3n) is 9.64. The van der Waals surface area contributed by atoms with Crippen LogP contribution in [-0.2, 0) is 32.7 Å². The largest absolute Gasteiger partial charge is 0.472 e. The summed E-state index contributed by atoms with van der Waals surface area (Å²) in [5, 5.41) is 0. The van der Waals surface area contributed by atoms with Crippen LogP contribution in [0.2, 0.25) is 0 Å². The number of phosphoric acid groups is 1. The Balaban J connectivity index is 4.39. The molecule has 2 atom stereocenters. The second-order valence-corrected chi connectivity index (χ2v) is 17.9. The SMILES string of the molecule is CCCC/C=C/CCCCCCCCCCCC(=O)O[C@H](COC(=O)CCC/C=C/C/C=C/CCCCCCCCCCC)COP(=O)(O)OCC[N+](C)(C)C. The van der Waals surface area contributed by atoms with Gasteiger partial charge in [-0.3, -0.25) is 18.6 Å². The van der Waals surface area contributed by atoms with Gasteiger partial charge in [-0.1, -0.05) is 159 Å². The number of carbonyl (C=O) groups excluding carboxylic acids is 2. The molecule has 0 fully saturated rings. The van der Waals surface area contributed by atoms with E-state index in [9.17, 15) is 19.0 Å². The molecule has 0 saturated carbocycles.